The van der Waals surface area contributed by atoms with Crippen molar-refractivity contribution in [2.24, 2.45) is 0 Å². The zero-order valence-corrected chi connectivity index (χ0v) is 7.56. The summed E-state index contributed by atoms with van der Waals surface area (Å²) in [6.45, 7) is 11.2. The van der Waals surface area contributed by atoms with E-state index in [0.29, 0.717) is 0 Å². The SMILES string of the molecule is CC[N+]1(C(C)C)CCCC1. The molecule has 1 fully saturated rings. The number of hydrogen-bond donors (Lipinski definition) is 0. The van der Waals surface area contributed by atoms with Gasteiger partial charge in [0.25, 0.3) is 0 Å². The van der Waals surface area contributed by atoms with Gasteiger partial charge in [-0.2, -0.15) is 0 Å². The molecule has 0 saturated carbocycles. The second-order valence-corrected chi connectivity index (χ2v) is 3.78. The van der Waals surface area contributed by atoms with Crippen molar-refractivity contribution in [1.29, 1.82) is 0 Å². The molecule has 0 amide bonds. The fourth-order valence-electron chi connectivity index (χ4n) is 2.16. The number of rotatable bonds is 2. The third kappa shape index (κ3) is 1.20. The highest BCUT2D eigenvalue weighted by Crippen LogP contribution is 2.22. The second-order valence-electron chi connectivity index (χ2n) is 3.78. The molecule has 0 spiro atoms. The summed E-state index contributed by atoms with van der Waals surface area (Å²) in [5.41, 5.74) is 0. The fourth-order valence-corrected chi connectivity index (χ4v) is 2.16. The third-order valence-corrected chi connectivity index (χ3v) is 3.18. The van der Waals surface area contributed by atoms with Gasteiger partial charge in [0.05, 0.1) is 25.7 Å². The number of quaternary nitrogens is 1. The average molecular weight is 142 g/mol. The summed E-state index contributed by atoms with van der Waals surface area (Å²) in [6, 6.07) is 0.840. The molecule has 1 nitrogen and oxygen atoms in total. The van der Waals surface area contributed by atoms with E-state index in [9.17, 15) is 0 Å². The van der Waals surface area contributed by atoms with E-state index in [1.807, 2.05) is 0 Å². The lowest BCUT2D eigenvalue weighted by molar-refractivity contribution is -0.935. The van der Waals surface area contributed by atoms with Crippen molar-refractivity contribution in [3.8, 4) is 0 Å². The van der Waals surface area contributed by atoms with Crippen molar-refractivity contribution in [1.82, 2.24) is 0 Å². The standard InChI is InChI=1S/C9H20N/c1-4-10(9(2)3)7-5-6-8-10/h9H,4-8H2,1-3H3/q+1. The summed E-state index contributed by atoms with van der Waals surface area (Å²) in [7, 11) is 0. The molecular weight excluding hydrogens is 122 g/mol. The number of nitrogens with zero attached hydrogens (tertiary/aromatic N) is 1. The van der Waals surface area contributed by atoms with Crippen LogP contribution < -0.4 is 0 Å². The normalized spacial score (nSPS) is 24.0. The van der Waals surface area contributed by atoms with E-state index in [4.69, 9.17) is 0 Å². The van der Waals surface area contributed by atoms with E-state index in [1.54, 1.807) is 0 Å². The van der Waals surface area contributed by atoms with Gasteiger partial charge in [-0.25, -0.2) is 0 Å². The van der Waals surface area contributed by atoms with Gasteiger partial charge in [0.1, 0.15) is 0 Å². The molecule has 0 N–H and O–H groups in total. The zero-order valence-electron chi connectivity index (χ0n) is 7.56. The first-order valence-electron chi connectivity index (χ1n) is 4.57. The Hall–Kier alpha value is -0.0400. The van der Waals surface area contributed by atoms with E-state index >= 15 is 0 Å². The monoisotopic (exact) mass is 142 g/mol. The topological polar surface area (TPSA) is 0 Å². The van der Waals surface area contributed by atoms with Crippen LogP contribution in [0.25, 0.3) is 0 Å². The van der Waals surface area contributed by atoms with E-state index < -0.39 is 0 Å². The maximum Gasteiger partial charge on any atom is 0.0833 e. The fraction of sp³-hybridized carbons (Fsp3) is 1.00. The predicted octanol–water partition coefficient (Wildman–Crippen LogP) is 2.03. The van der Waals surface area contributed by atoms with Gasteiger partial charge < -0.3 is 4.48 Å². The molecule has 0 aromatic carbocycles. The summed E-state index contributed by atoms with van der Waals surface area (Å²) < 4.78 is 1.38. The van der Waals surface area contributed by atoms with Crippen molar-refractivity contribution in [3.63, 3.8) is 0 Å². The third-order valence-electron chi connectivity index (χ3n) is 3.18. The Morgan fingerprint density at radius 2 is 1.70 bits per heavy atom. The highest BCUT2D eigenvalue weighted by atomic mass is 15.4. The maximum atomic E-state index is 2.36. The van der Waals surface area contributed by atoms with Crippen LogP contribution in [0.3, 0.4) is 0 Å². The number of hydrogen-bond acceptors (Lipinski definition) is 0. The first kappa shape index (κ1) is 8.06. The van der Waals surface area contributed by atoms with Gasteiger partial charge in [0.15, 0.2) is 0 Å². The highest BCUT2D eigenvalue weighted by Gasteiger charge is 2.32. The minimum absolute atomic E-state index is 0.840. The Morgan fingerprint density at radius 1 is 1.20 bits per heavy atom. The quantitative estimate of drug-likeness (QED) is 0.517. The van der Waals surface area contributed by atoms with E-state index in [0.717, 1.165) is 6.04 Å². The average Bonchev–Trinajstić information content (AvgIpc) is 2.35. The zero-order chi connectivity index (χ0) is 7.61. The Bertz CT molecular complexity index is 101. The molecule has 0 aromatic rings. The van der Waals surface area contributed by atoms with Gasteiger partial charge in [0, 0.05) is 12.8 Å². The smallest absolute Gasteiger partial charge is 0.0833 e. The van der Waals surface area contributed by atoms with E-state index in [-0.39, 0.29) is 0 Å². The van der Waals surface area contributed by atoms with Gasteiger partial charge in [-0.15, -0.1) is 0 Å². The minimum atomic E-state index is 0.840. The lowest BCUT2D eigenvalue weighted by Crippen LogP contribution is -2.50. The van der Waals surface area contributed by atoms with Crippen LogP contribution in [0.1, 0.15) is 33.6 Å². The van der Waals surface area contributed by atoms with Crippen LogP contribution in [0, 0.1) is 0 Å². The Balaban J connectivity index is 2.58. The summed E-state index contributed by atoms with van der Waals surface area (Å²) >= 11 is 0. The summed E-state index contributed by atoms with van der Waals surface area (Å²) in [5.74, 6) is 0. The van der Waals surface area contributed by atoms with Crippen LogP contribution in [0.2, 0.25) is 0 Å². The van der Waals surface area contributed by atoms with Crippen molar-refractivity contribution < 1.29 is 4.48 Å². The lowest BCUT2D eigenvalue weighted by atomic mass is 10.2. The molecule has 1 aliphatic heterocycles. The Kier molecular flexibility index (Phi) is 2.35. The van der Waals surface area contributed by atoms with Crippen molar-refractivity contribution in [3.05, 3.63) is 0 Å². The molecule has 1 saturated heterocycles. The Morgan fingerprint density at radius 3 is 1.90 bits per heavy atom. The molecule has 0 aromatic heterocycles. The molecule has 0 unspecified atom stereocenters. The maximum absolute atomic E-state index is 2.36. The second kappa shape index (κ2) is 2.91. The minimum Gasteiger partial charge on any atom is -0.322 e. The molecule has 60 valence electrons. The first-order chi connectivity index (χ1) is 4.71. The van der Waals surface area contributed by atoms with Crippen LogP contribution in [-0.2, 0) is 0 Å². The first-order valence-corrected chi connectivity index (χ1v) is 4.57. The van der Waals surface area contributed by atoms with Crippen LogP contribution in [0.5, 0.6) is 0 Å². The Labute approximate surface area is 64.6 Å². The number of likely N-dealkylation sites (tertiary alicyclic amines) is 1. The van der Waals surface area contributed by atoms with Crippen LogP contribution in [-0.4, -0.2) is 30.2 Å². The molecule has 0 aliphatic carbocycles. The van der Waals surface area contributed by atoms with Crippen molar-refractivity contribution >= 4 is 0 Å². The summed E-state index contributed by atoms with van der Waals surface area (Å²) in [4.78, 5) is 0. The molecule has 0 atom stereocenters. The molecule has 0 radical (unpaired) electrons. The van der Waals surface area contributed by atoms with Gasteiger partial charge in [-0.05, 0) is 20.8 Å². The molecule has 1 aliphatic rings. The van der Waals surface area contributed by atoms with Crippen LogP contribution in [0.4, 0.5) is 0 Å². The molecule has 1 rings (SSSR count). The predicted molar refractivity (Wildman–Crippen MR) is 44.9 cm³/mol. The molecule has 1 heterocycles. The van der Waals surface area contributed by atoms with E-state index in [1.165, 1.54) is 37.0 Å². The van der Waals surface area contributed by atoms with Gasteiger partial charge in [-0.1, -0.05) is 0 Å². The van der Waals surface area contributed by atoms with Crippen molar-refractivity contribution in [2.45, 2.75) is 39.7 Å². The van der Waals surface area contributed by atoms with Crippen molar-refractivity contribution in [2.75, 3.05) is 19.6 Å². The van der Waals surface area contributed by atoms with Gasteiger partial charge in [0.2, 0.25) is 0 Å². The highest BCUT2D eigenvalue weighted by molar-refractivity contribution is 4.56. The summed E-state index contributed by atoms with van der Waals surface area (Å²) in [5, 5.41) is 0. The van der Waals surface area contributed by atoms with Gasteiger partial charge >= 0.3 is 0 Å². The summed E-state index contributed by atoms with van der Waals surface area (Å²) in [6.07, 6.45) is 2.90. The molecular formula is C9H20N+. The largest absolute Gasteiger partial charge is 0.322 e. The van der Waals surface area contributed by atoms with E-state index in [2.05, 4.69) is 20.8 Å². The van der Waals surface area contributed by atoms with Crippen LogP contribution >= 0.6 is 0 Å². The molecule has 0 bridgehead atoms. The van der Waals surface area contributed by atoms with Crippen LogP contribution in [0.15, 0.2) is 0 Å². The molecule has 1 heteroatoms. The van der Waals surface area contributed by atoms with Gasteiger partial charge in [-0.3, -0.25) is 0 Å². The lowest BCUT2D eigenvalue weighted by Gasteiger charge is -2.37. The molecule has 10 heavy (non-hydrogen) atoms.